The fraction of sp³-hybridized carbons (Fsp3) is 0.526. The number of morpholine rings is 1. The Kier molecular flexibility index (Phi) is 5.23. The molecule has 5 heteroatoms. The topological polar surface area (TPSA) is 41.6 Å². The second kappa shape index (κ2) is 7.21. The van der Waals surface area contributed by atoms with E-state index in [1.54, 1.807) is 11.3 Å². The van der Waals surface area contributed by atoms with Crippen LogP contribution in [0.25, 0.3) is 10.1 Å². The summed E-state index contributed by atoms with van der Waals surface area (Å²) < 4.78 is 7.05. The Balaban J connectivity index is 1.76. The summed E-state index contributed by atoms with van der Waals surface area (Å²) in [6.45, 7) is 9.95. The highest BCUT2D eigenvalue weighted by atomic mass is 32.1. The molecule has 0 bridgehead atoms. The maximum Gasteiger partial charge on any atom is 0.241 e. The predicted octanol–water partition coefficient (Wildman–Crippen LogP) is 3.97. The molecule has 0 spiro atoms. The largest absolute Gasteiger partial charge is 0.373 e. The summed E-state index contributed by atoms with van der Waals surface area (Å²) in [6, 6.07) is 8.04. The number of anilines is 1. The van der Waals surface area contributed by atoms with Crippen molar-refractivity contribution in [3.8, 4) is 0 Å². The molecule has 0 radical (unpaired) electrons. The van der Waals surface area contributed by atoms with Crippen molar-refractivity contribution in [2.75, 3.05) is 18.4 Å². The van der Waals surface area contributed by atoms with Crippen molar-refractivity contribution in [2.45, 2.75) is 45.9 Å². The number of nitrogens with one attached hydrogen (secondary N) is 1. The average molecular weight is 346 g/mol. The third kappa shape index (κ3) is 3.79. The molecule has 1 N–H and O–H groups in total. The fourth-order valence-electron chi connectivity index (χ4n) is 3.60. The number of benzene rings is 1. The summed E-state index contributed by atoms with van der Waals surface area (Å²) >= 11 is 1.71. The molecule has 0 saturated carbocycles. The molecule has 4 nitrogen and oxygen atoms in total. The minimum absolute atomic E-state index is 0.0703. The quantitative estimate of drug-likeness (QED) is 0.911. The maximum absolute atomic E-state index is 13.0. The van der Waals surface area contributed by atoms with Gasteiger partial charge in [0.1, 0.15) is 0 Å². The van der Waals surface area contributed by atoms with E-state index in [0.29, 0.717) is 0 Å². The minimum Gasteiger partial charge on any atom is -0.373 e. The summed E-state index contributed by atoms with van der Waals surface area (Å²) in [7, 11) is 0. The first kappa shape index (κ1) is 17.4. The summed E-state index contributed by atoms with van der Waals surface area (Å²) in [5, 5.41) is 6.36. The van der Waals surface area contributed by atoms with Crippen LogP contribution in [0.4, 0.5) is 5.69 Å². The lowest BCUT2D eigenvalue weighted by Crippen LogP contribution is -2.55. The van der Waals surface area contributed by atoms with Gasteiger partial charge in [-0.2, -0.15) is 0 Å². The highest BCUT2D eigenvalue weighted by Crippen LogP contribution is 2.25. The Hall–Kier alpha value is -1.43. The molecule has 1 amide bonds. The van der Waals surface area contributed by atoms with E-state index in [0.717, 1.165) is 18.8 Å². The smallest absolute Gasteiger partial charge is 0.241 e. The van der Waals surface area contributed by atoms with Crippen LogP contribution in [0, 0.1) is 5.92 Å². The normalized spacial score (nSPS) is 23.5. The highest BCUT2D eigenvalue weighted by Gasteiger charge is 2.34. The van der Waals surface area contributed by atoms with Crippen molar-refractivity contribution < 1.29 is 9.53 Å². The second-order valence-electron chi connectivity index (χ2n) is 7.06. The van der Waals surface area contributed by atoms with Crippen molar-refractivity contribution >= 4 is 33.0 Å². The number of amides is 1. The van der Waals surface area contributed by atoms with Crippen LogP contribution in [0.3, 0.4) is 0 Å². The highest BCUT2D eigenvalue weighted by molar-refractivity contribution is 7.17. The molecule has 1 aromatic carbocycles. The number of thiophene rings is 1. The van der Waals surface area contributed by atoms with Gasteiger partial charge < -0.3 is 10.1 Å². The fourth-order valence-corrected chi connectivity index (χ4v) is 4.37. The lowest BCUT2D eigenvalue weighted by atomic mass is 9.99. The van der Waals surface area contributed by atoms with Crippen molar-refractivity contribution in [3.05, 3.63) is 29.6 Å². The van der Waals surface area contributed by atoms with Crippen LogP contribution in [0.2, 0.25) is 0 Å². The van der Waals surface area contributed by atoms with E-state index < -0.39 is 0 Å². The number of fused-ring (bicyclic) bond motifs is 1. The Morgan fingerprint density at radius 1 is 1.25 bits per heavy atom. The van der Waals surface area contributed by atoms with Gasteiger partial charge in [-0.05, 0) is 54.8 Å². The van der Waals surface area contributed by atoms with Gasteiger partial charge in [0.05, 0.1) is 18.2 Å². The molecule has 2 aromatic rings. The lowest BCUT2D eigenvalue weighted by Gasteiger charge is -2.41. The van der Waals surface area contributed by atoms with Crippen LogP contribution in [-0.2, 0) is 9.53 Å². The Morgan fingerprint density at radius 2 is 1.96 bits per heavy atom. The molecule has 2 heterocycles. The van der Waals surface area contributed by atoms with E-state index in [2.05, 4.69) is 55.4 Å². The molecule has 1 aromatic heterocycles. The van der Waals surface area contributed by atoms with Crippen molar-refractivity contribution in [3.63, 3.8) is 0 Å². The molecule has 1 aliphatic rings. The van der Waals surface area contributed by atoms with Crippen LogP contribution < -0.4 is 5.32 Å². The van der Waals surface area contributed by atoms with E-state index >= 15 is 0 Å². The van der Waals surface area contributed by atoms with Crippen LogP contribution in [-0.4, -0.2) is 42.1 Å². The zero-order chi connectivity index (χ0) is 17.3. The molecular formula is C19H26N2O2S. The molecule has 0 aliphatic carbocycles. The van der Waals surface area contributed by atoms with Gasteiger partial charge in [-0.1, -0.05) is 13.8 Å². The predicted molar refractivity (Wildman–Crippen MR) is 101 cm³/mol. The first-order chi connectivity index (χ1) is 11.4. The van der Waals surface area contributed by atoms with Gasteiger partial charge >= 0.3 is 0 Å². The van der Waals surface area contributed by atoms with Crippen LogP contribution >= 0.6 is 11.3 Å². The number of carbonyl (C=O) groups is 1. The van der Waals surface area contributed by atoms with Gasteiger partial charge in [0.25, 0.3) is 0 Å². The van der Waals surface area contributed by atoms with E-state index in [4.69, 9.17) is 4.74 Å². The zero-order valence-corrected chi connectivity index (χ0v) is 15.6. The summed E-state index contributed by atoms with van der Waals surface area (Å²) in [6.07, 6.45) is 0.315. The number of ether oxygens (including phenoxy) is 1. The number of hydrogen-bond donors (Lipinski definition) is 1. The van der Waals surface area contributed by atoms with E-state index in [1.807, 2.05) is 12.1 Å². The van der Waals surface area contributed by atoms with Crippen molar-refractivity contribution in [1.82, 2.24) is 4.90 Å². The monoisotopic (exact) mass is 346 g/mol. The molecule has 3 rings (SSSR count). The van der Waals surface area contributed by atoms with Crippen LogP contribution in [0.1, 0.15) is 27.7 Å². The van der Waals surface area contributed by atoms with Gasteiger partial charge in [-0.25, -0.2) is 0 Å². The first-order valence-corrected chi connectivity index (χ1v) is 9.49. The standard InChI is InChI=1S/C19H26N2O2S/c1-12(2)18(21-10-13(3)23-14(4)11-21)19(22)20-16-5-6-17-15(9-16)7-8-24-17/h5-9,12-14,18H,10-11H2,1-4H3,(H,20,22). The van der Waals surface area contributed by atoms with Gasteiger partial charge in [-0.15, -0.1) is 11.3 Å². The molecule has 3 unspecified atom stereocenters. The van der Waals surface area contributed by atoms with Gasteiger partial charge in [-0.3, -0.25) is 9.69 Å². The van der Waals surface area contributed by atoms with Crippen molar-refractivity contribution in [1.29, 1.82) is 0 Å². The van der Waals surface area contributed by atoms with Crippen LogP contribution in [0.15, 0.2) is 29.6 Å². The summed E-state index contributed by atoms with van der Waals surface area (Å²) in [4.78, 5) is 15.2. The summed E-state index contributed by atoms with van der Waals surface area (Å²) in [5.41, 5.74) is 0.867. The van der Waals surface area contributed by atoms with Crippen LogP contribution in [0.5, 0.6) is 0 Å². The van der Waals surface area contributed by atoms with Gasteiger partial charge in [0.2, 0.25) is 5.91 Å². The number of nitrogens with zero attached hydrogens (tertiary/aromatic N) is 1. The van der Waals surface area contributed by atoms with E-state index in [9.17, 15) is 4.79 Å². The third-order valence-electron chi connectivity index (χ3n) is 4.46. The lowest BCUT2D eigenvalue weighted by molar-refractivity contribution is -0.130. The second-order valence-corrected chi connectivity index (χ2v) is 8.01. The Morgan fingerprint density at radius 3 is 2.62 bits per heavy atom. The third-order valence-corrected chi connectivity index (χ3v) is 5.36. The van der Waals surface area contributed by atoms with Crippen molar-refractivity contribution in [2.24, 2.45) is 5.92 Å². The molecule has 1 aliphatic heterocycles. The van der Waals surface area contributed by atoms with Gasteiger partial charge in [0, 0.05) is 23.5 Å². The molecule has 24 heavy (non-hydrogen) atoms. The van der Waals surface area contributed by atoms with E-state index in [-0.39, 0.29) is 30.1 Å². The first-order valence-electron chi connectivity index (χ1n) is 8.61. The molecule has 1 saturated heterocycles. The summed E-state index contributed by atoms with van der Waals surface area (Å²) in [5.74, 6) is 0.313. The molecule has 1 fully saturated rings. The zero-order valence-electron chi connectivity index (χ0n) is 14.8. The average Bonchev–Trinajstić information content (AvgIpc) is 2.93. The number of carbonyl (C=O) groups excluding carboxylic acids is 1. The number of rotatable bonds is 4. The minimum atomic E-state index is -0.142. The SMILES string of the molecule is CC1CN(C(C(=O)Nc2ccc3sccc3c2)C(C)C)CC(C)O1. The number of hydrogen-bond acceptors (Lipinski definition) is 4. The van der Waals surface area contributed by atoms with Gasteiger partial charge in [0.15, 0.2) is 0 Å². The Labute approximate surface area is 147 Å². The maximum atomic E-state index is 13.0. The Bertz CT molecular complexity index is 702. The molecule has 130 valence electrons. The molecule has 3 atom stereocenters. The molecular weight excluding hydrogens is 320 g/mol. The van der Waals surface area contributed by atoms with E-state index in [1.165, 1.54) is 10.1 Å².